The Morgan fingerprint density at radius 3 is 2.26 bits per heavy atom. The molecule has 1 aromatic carbocycles. The molecule has 1 heterocycles. The molecule has 1 aromatic heterocycles. The van der Waals surface area contributed by atoms with E-state index in [1.54, 1.807) is 24.6 Å². The maximum Gasteiger partial charge on any atom is 0.417 e. The molecule has 0 bridgehead atoms. The number of aromatic nitrogens is 3. The van der Waals surface area contributed by atoms with E-state index in [1.807, 2.05) is 6.92 Å². The number of hydrogen-bond acceptors (Lipinski definition) is 3. The van der Waals surface area contributed by atoms with Crippen molar-refractivity contribution in [1.29, 1.82) is 0 Å². The lowest BCUT2D eigenvalue weighted by atomic mass is 9.65. The molecule has 0 saturated heterocycles. The molecular formula is C19H22F3N3O2. The van der Waals surface area contributed by atoms with Crippen molar-refractivity contribution in [2.45, 2.75) is 51.1 Å². The summed E-state index contributed by atoms with van der Waals surface area (Å²) in [7, 11) is 1.66. The van der Waals surface area contributed by atoms with E-state index in [4.69, 9.17) is 0 Å². The van der Waals surface area contributed by atoms with Crippen molar-refractivity contribution >= 4 is 5.97 Å². The van der Waals surface area contributed by atoms with E-state index >= 15 is 0 Å². The van der Waals surface area contributed by atoms with Gasteiger partial charge < -0.3 is 9.67 Å². The number of carbonyl (C=O) groups is 1. The van der Waals surface area contributed by atoms with Crippen LogP contribution >= 0.6 is 0 Å². The summed E-state index contributed by atoms with van der Waals surface area (Å²) in [5.41, 5.74) is -1.97. The van der Waals surface area contributed by atoms with E-state index in [-0.39, 0.29) is 11.4 Å². The third kappa shape index (κ3) is 3.33. The monoisotopic (exact) mass is 381 g/mol. The van der Waals surface area contributed by atoms with Crippen LogP contribution in [0.4, 0.5) is 13.2 Å². The molecule has 0 spiro atoms. The van der Waals surface area contributed by atoms with Crippen LogP contribution in [-0.4, -0.2) is 25.8 Å². The maximum atomic E-state index is 13.4. The van der Waals surface area contributed by atoms with Gasteiger partial charge in [0.05, 0.1) is 11.0 Å². The fraction of sp³-hybridized carbons (Fsp3) is 0.526. The Balaban J connectivity index is 1.97. The smallest absolute Gasteiger partial charge is 0.417 e. The summed E-state index contributed by atoms with van der Waals surface area (Å²) in [6.07, 6.45) is -2.34. The van der Waals surface area contributed by atoms with Gasteiger partial charge in [-0.15, -0.1) is 10.2 Å². The number of halogens is 3. The summed E-state index contributed by atoms with van der Waals surface area (Å²) >= 11 is 0. The van der Waals surface area contributed by atoms with Crippen LogP contribution < -0.4 is 0 Å². The number of hydrogen-bond donors (Lipinski definition) is 1. The standard InChI is InChI=1S/C19H22F3N3O2/c1-17(8-10-18(2,11-9-17)16(26)27)15-24-23-14(25(15)3)12-6-4-5-7-13(12)19(20,21)22/h4-7H,8-11H2,1-3H3,(H,26,27). The normalized spacial score (nSPS) is 26.1. The fourth-order valence-electron chi connectivity index (χ4n) is 3.81. The van der Waals surface area contributed by atoms with Crippen LogP contribution in [0.1, 0.15) is 50.9 Å². The Morgan fingerprint density at radius 2 is 1.70 bits per heavy atom. The molecular weight excluding hydrogens is 359 g/mol. The largest absolute Gasteiger partial charge is 0.481 e. The second-order valence-corrected chi connectivity index (χ2v) is 7.88. The van der Waals surface area contributed by atoms with E-state index in [9.17, 15) is 23.1 Å². The molecule has 1 saturated carbocycles. The third-order valence-corrected chi connectivity index (χ3v) is 5.86. The van der Waals surface area contributed by atoms with E-state index in [0.29, 0.717) is 31.5 Å². The summed E-state index contributed by atoms with van der Waals surface area (Å²) in [6, 6.07) is 5.31. The number of benzene rings is 1. The fourth-order valence-corrected chi connectivity index (χ4v) is 3.81. The van der Waals surface area contributed by atoms with E-state index in [0.717, 1.165) is 6.07 Å². The molecule has 0 radical (unpaired) electrons. The molecule has 1 aliphatic rings. The van der Waals surface area contributed by atoms with Crippen molar-refractivity contribution in [2.75, 3.05) is 0 Å². The quantitative estimate of drug-likeness (QED) is 0.854. The van der Waals surface area contributed by atoms with Crippen LogP contribution in [0.15, 0.2) is 24.3 Å². The summed E-state index contributed by atoms with van der Waals surface area (Å²) in [4.78, 5) is 11.5. The summed E-state index contributed by atoms with van der Waals surface area (Å²) in [6.45, 7) is 3.70. The van der Waals surface area contributed by atoms with Crippen LogP contribution in [0.5, 0.6) is 0 Å². The number of nitrogens with zero attached hydrogens (tertiary/aromatic N) is 3. The van der Waals surface area contributed by atoms with Crippen molar-refractivity contribution in [3.05, 3.63) is 35.7 Å². The second kappa shape index (κ2) is 6.35. The van der Waals surface area contributed by atoms with Gasteiger partial charge in [-0.3, -0.25) is 4.79 Å². The van der Waals surface area contributed by atoms with Crippen molar-refractivity contribution in [2.24, 2.45) is 12.5 Å². The van der Waals surface area contributed by atoms with Crippen LogP contribution in [-0.2, 0) is 23.4 Å². The Bertz CT molecular complexity index is 865. The number of carboxylic acids is 1. The van der Waals surface area contributed by atoms with E-state index in [2.05, 4.69) is 10.2 Å². The van der Waals surface area contributed by atoms with Crippen LogP contribution in [0, 0.1) is 5.41 Å². The average Bonchev–Trinajstić information content (AvgIpc) is 2.99. The lowest BCUT2D eigenvalue weighted by Crippen LogP contribution is -2.39. The molecule has 8 heteroatoms. The van der Waals surface area contributed by atoms with Crippen LogP contribution in [0.2, 0.25) is 0 Å². The van der Waals surface area contributed by atoms with Crippen LogP contribution in [0.3, 0.4) is 0 Å². The zero-order valence-electron chi connectivity index (χ0n) is 15.5. The van der Waals surface area contributed by atoms with Gasteiger partial charge in [0.25, 0.3) is 0 Å². The van der Waals surface area contributed by atoms with Gasteiger partial charge in [0, 0.05) is 18.0 Å². The first-order valence-electron chi connectivity index (χ1n) is 8.78. The average molecular weight is 381 g/mol. The van der Waals surface area contributed by atoms with Crippen molar-refractivity contribution < 1.29 is 23.1 Å². The molecule has 0 atom stereocenters. The SMILES string of the molecule is Cn1c(-c2ccccc2C(F)(F)F)nnc1C1(C)CCC(C)(C(=O)O)CC1. The molecule has 1 aliphatic carbocycles. The molecule has 5 nitrogen and oxygen atoms in total. The summed E-state index contributed by atoms with van der Waals surface area (Å²) in [5, 5.41) is 17.7. The lowest BCUT2D eigenvalue weighted by molar-refractivity contribution is -0.150. The molecule has 146 valence electrons. The molecule has 0 amide bonds. The number of aliphatic carboxylic acids is 1. The zero-order valence-corrected chi connectivity index (χ0v) is 15.5. The second-order valence-electron chi connectivity index (χ2n) is 7.88. The first kappa shape index (κ1) is 19.4. The van der Waals surface area contributed by atoms with E-state index in [1.165, 1.54) is 12.1 Å². The van der Waals surface area contributed by atoms with Crippen molar-refractivity contribution in [3.63, 3.8) is 0 Å². The number of rotatable bonds is 3. The Labute approximate surface area is 155 Å². The Hall–Kier alpha value is -2.38. The molecule has 3 rings (SSSR count). The Kier molecular flexibility index (Phi) is 4.56. The lowest BCUT2D eigenvalue weighted by Gasteiger charge is -2.40. The topological polar surface area (TPSA) is 68.0 Å². The number of carboxylic acid groups (broad SMARTS) is 1. The first-order chi connectivity index (χ1) is 12.5. The highest BCUT2D eigenvalue weighted by Crippen LogP contribution is 2.47. The number of alkyl halides is 3. The minimum atomic E-state index is -4.49. The highest BCUT2D eigenvalue weighted by atomic mass is 19.4. The maximum absolute atomic E-state index is 13.4. The molecule has 1 N–H and O–H groups in total. The van der Waals surface area contributed by atoms with Gasteiger partial charge in [-0.05, 0) is 38.7 Å². The minimum absolute atomic E-state index is 0.0129. The highest BCUT2D eigenvalue weighted by molar-refractivity contribution is 5.74. The molecule has 27 heavy (non-hydrogen) atoms. The van der Waals surface area contributed by atoms with Gasteiger partial charge in [0.15, 0.2) is 5.82 Å². The molecule has 1 fully saturated rings. The van der Waals surface area contributed by atoms with Crippen LogP contribution in [0.25, 0.3) is 11.4 Å². The minimum Gasteiger partial charge on any atom is -0.481 e. The van der Waals surface area contributed by atoms with Crippen molar-refractivity contribution in [3.8, 4) is 11.4 Å². The van der Waals surface area contributed by atoms with Gasteiger partial charge >= 0.3 is 12.1 Å². The van der Waals surface area contributed by atoms with Gasteiger partial charge in [0.1, 0.15) is 5.82 Å². The predicted octanol–water partition coefficient (Wildman–Crippen LogP) is 4.42. The van der Waals surface area contributed by atoms with Gasteiger partial charge in [-0.1, -0.05) is 25.1 Å². The van der Waals surface area contributed by atoms with Gasteiger partial charge in [-0.2, -0.15) is 13.2 Å². The first-order valence-corrected chi connectivity index (χ1v) is 8.78. The Morgan fingerprint density at radius 1 is 1.11 bits per heavy atom. The zero-order chi connectivity index (χ0) is 20.0. The molecule has 0 unspecified atom stereocenters. The van der Waals surface area contributed by atoms with Crippen molar-refractivity contribution in [1.82, 2.24) is 14.8 Å². The third-order valence-electron chi connectivity index (χ3n) is 5.86. The summed E-state index contributed by atoms with van der Waals surface area (Å²) < 4.78 is 41.7. The molecule has 0 aliphatic heterocycles. The van der Waals surface area contributed by atoms with Gasteiger partial charge in [0.2, 0.25) is 0 Å². The molecule has 2 aromatic rings. The summed E-state index contributed by atoms with van der Waals surface area (Å²) in [5.74, 6) is -0.0741. The van der Waals surface area contributed by atoms with Gasteiger partial charge in [-0.25, -0.2) is 0 Å². The predicted molar refractivity (Wildman–Crippen MR) is 93.0 cm³/mol. The van der Waals surface area contributed by atoms with E-state index < -0.39 is 28.5 Å². The highest BCUT2D eigenvalue weighted by Gasteiger charge is 2.45.